The van der Waals surface area contributed by atoms with E-state index < -0.39 is 18.0 Å². The van der Waals surface area contributed by atoms with Crippen LogP contribution in [0.3, 0.4) is 0 Å². The van der Waals surface area contributed by atoms with Gasteiger partial charge in [0.1, 0.15) is 5.75 Å². The third-order valence-corrected chi connectivity index (χ3v) is 8.92. The molecule has 46 heavy (non-hydrogen) atoms. The van der Waals surface area contributed by atoms with Gasteiger partial charge in [-0.3, -0.25) is 9.36 Å². The van der Waals surface area contributed by atoms with Gasteiger partial charge in [0, 0.05) is 22.6 Å². The molecule has 3 aromatic carbocycles. The van der Waals surface area contributed by atoms with Crippen molar-refractivity contribution in [1.29, 1.82) is 0 Å². The molecule has 6 rings (SSSR count). The smallest absolute Gasteiger partial charge is 0.338 e. The number of carboxylic acids is 1. The molecule has 2 aromatic heterocycles. The molecule has 0 radical (unpaired) electrons. The number of benzene rings is 3. The number of rotatable bonds is 8. The Morgan fingerprint density at radius 2 is 1.70 bits per heavy atom. The number of fused-ring (bicyclic) bond motifs is 1. The molecule has 5 aromatic rings. The molecule has 0 amide bonds. The molecule has 0 fully saturated rings. The Morgan fingerprint density at radius 3 is 2.33 bits per heavy atom. The first-order valence-corrected chi connectivity index (χ1v) is 15.5. The summed E-state index contributed by atoms with van der Waals surface area (Å²) in [6, 6.07) is 24.6. The van der Waals surface area contributed by atoms with E-state index in [0.29, 0.717) is 26.3 Å². The van der Waals surface area contributed by atoms with Crippen molar-refractivity contribution in [2.75, 3.05) is 13.7 Å². The molecule has 10 heteroatoms. The zero-order chi connectivity index (χ0) is 32.5. The predicted molar refractivity (Wildman–Crippen MR) is 176 cm³/mol. The zero-order valence-corrected chi connectivity index (χ0v) is 26.5. The van der Waals surface area contributed by atoms with Crippen LogP contribution in [0.25, 0.3) is 17.5 Å². The standard InChI is InChI=1S/C36H31N3O6S/c1-5-45-35(43)30-31(23-9-7-6-8-10-23)37-36-39(32(30)24-13-17-28(44-4)18-14-24)33(40)29(46-36)20-26-19-21(2)38(22(26)3)27-15-11-25(12-16-27)34(41)42/h6-20,32H,5H2,1-4H3,(H,41,42)/b29-20+/t32-/m0/s1. The fraction of sp³-hybridized carbons (Fsp3) is 0.167. The molecule has 0 spiro atoms. The van der Waals surface area contributed by atoms with Crippen LogP contribution in [0.15, 0.2) is 100 Å². The second-order valence-electron chi connectivity index (χ2n) is 10.7. The molecule has 1 aliphatic rings. The van der Waals surface area contributed by atoms with Crippen LogP contribution in [0.1, 0.15) is 51.4 Å². The lowest BCUT2D eigenvalue weighted by Gasteiger charge is -2.26. The van der Waals surface area contributed by atoms with E-state index in [2.05, 4.69) is 0 Å². The minimum absolute atomic E-state index is 0.165. The van der Waals surface area contributed by atoms with Gasteiger partial charge in [0.2, 0.25) is 0 Å². The number of carbonyl (C=O) groups excluding carboxylic acids is 1. The van der Waals surface area contributed by atoms with Crippen molar-refractivity contribution in [2.45, 2.75) is 26.8 Å². The van der Waals surface area contributed by atoms with Gasteiger partial charge in [-0.15, -0.1) is 0 Å². The number of nitrogens with zero attached hydrogens (tertiary/aromatic N) is 3. The van der Waals surface area contributed by atoms with Gasteiger partial charge in [-0.25, -0.2) is 14.6 Å². The number of ether oxygens (including phenoxy) is 2. The van der Waals surface area contributed by atoms with Crippen molar-refractivity contribution < 1.29 is 24.2 Å². The SMILES string of the molecule is CCOC(=O)C1=C(c2ccccc2)N=c2s/c(=C/c3cc(C)n(-c4ccc(C(=O)O)cc4)c3C)c(=O)n2[C@H]1c1ccc(OC)cc1. The first-order valence-electron chi connectivity index (χ1n) is 14.7. The number of carbonyl (C=O) groups is 2. The van der Waals surface area contributed by atoms with E-state index in [1.807, 2.05) is 73.0 Å². The van der Waals surface area contributed by atoms with Crippen molar-refractivity contribution in [3.63, 3.8) is 0 Å². The van der Waals surface area contributed by atoms with E-state index in [1.165, 1.54) is 11.3 Å². The second-order valence-corrected chi connectivity index (χ2v) is 11.7. The average molecular weight is 634 g/mol. The molecule has 1 atom stereocenters. The van der Waals surface area contributed by atoms with Gasteiger partial charge in [-0.05, 0) is 80.4 Å². The summed E-state index contributed by atoms with van der Waals surface area (Å²) in [6.07, 6.45) is 1.84. The van der Waals surface area contributed by atoms with Gasteiger partial charge in [-0.2, -0.15) is 0 Å². The zero-order valence-electron chi connectivity index (χ0n) is 25.7. The van der Waals surface area contributed by atoms with Crippen LogP contribution in [-0.2, 0) is 9.53 Å². The van der Waals surface area contributed by atoms with Crippen LogP contribution in [0.4, 0.5) is 0 Å². The lowest BCUT2D eigenvalue weighted by molar-refractivity contribution is -0.138. The Labute approximate surface area is 268 Å². The quantitative estimate of drug-likeness (QED) is 0.240. The first kappa shape index (κ1) is 30.5. The van der Waals surface area contributed by atoms with Crippen molar-refractivity contribution in [3.8, 4) is 11.4 Å². The van der Waals surface area contributed by atoms with Crippen LogP contribution >= 0.6 is 11.3 Å². The van der Waals surface area contributed by atoms with Crippen molar-refractivity contribution in [1.82, 2.24) is 9.13 Å². The van der Waals surface area contributed by atoms with Gasteiger partial charge in [0.25, 0.3) is 5.56 Å². The number of hydrogen-bond acceptors (Lipinski definition) is 7. The Hall–Kier alpha value is -5.48. The number of esters is 1. The molecule has 1 aliphatic heterocycles. The highest BCUT2D eigenvalue weighted by molar-refractivity contribution is 7.07. The molecule has 0 bridgehead atoms. The van der Waals surface area contributed by atoms with Crippen molar-refractivity contribution in [2.24, 2.45) is 4.99 Å². The largest absolute Gasteiger partial charge is 0.497 e. The summed E-state index contributed by atoms with van der Waals surface area (Å²) in [5.74, 6) is -0.884. The first-order chi connectivity index (χ1) is 22.2. The highest BCUT2D eigenvalue weighted by Crippen LogP contribution is 2.35. The minimum atomic E-state index is -0.988. The van der Waals surface area contributed by atoms with Gasteiger partial charge in [0.05, 0.1) is 41.1 Å². The highest BCUT2D eigenvalue weighted by atomic mass is 32.1. The molecule has 9 nitrogen and oxygen atoms in total. The summed E-state index contributed by atoms with van der Waals surface area (Å²) in [7, 11) is 1.58. The van der Waals surface area contributed by atoms with Crippen molar-refractivity contribution >= 4 is 35.0 Å². The van der Waals surface area contributed by atoms with Crippen LogP contribution < -0.4 is 19.6 Å². The number of methoxy groups -OCH3 is 1. The average Bonchev–Trinajstić information content (AvgIpc) is 3.53. The maximum absolute atomic E-state index is 14.3. The number of thiazole rings is 1. The van der Waals surface area contributed by atoms with E-state index in [-0.39, 0.29) is 23.3 Å². The monoisotopic (exact) mass is 633 g/mol. The Kier molecular flexibility index (Phi) is 8.29. The summed E-state index contributed by atoms with van der Waals surface area (Å²) in [6.45, 7) is 5.82. The molecule has 0 aliphatic carbocycles. The van der Waals surface area contributed by atoms with Gasteiger partial charge in [-0.1, -0.05) is 53.8 Å². The van der Waals surface area contributed by atoms with Crippen LogP contribution in [0.2, 0.25) is 0 Å². The molecule has 0 saturated carbocycles. The summed E-state index contributed by atoms with van der Waals surface area (Å²) < 4.78 is 15.0. The van der Waals surface area contributed by atoms with Gasteiger partial charge in [0.15, 0.2) is 4.80 Å². The van der Waals surface area contributed by atoms with Gasteiger partial charge < -0.3 is 19.1 Å². The fourth-order valence-corrected chi connectivity index (χ4v) is 6.76. The normalized spacial score (nSPS) is 14.5. The third kappa shape index (κ3) is 5.48. The molecular weight excluding hydrogens is 602 g/mol. The summed E-state index contributed by atoms with van der Waals surface area (Å²) >= 11 is 1.26. The number of aromatic carboxylic acids is 1. The Morgan fingerprint density at radius 1 is 1.00 bits per heavy atom. The molecule has 3 heterocycles. The van der Waals surface area contributed by atoms with E-state index in [0.717, 1.165) is 28.2 Å². The van der Waals surface area contributed by atoms with Gasteiger partial charge >= 0.3 is 11.9 Å². The maximum Gasteiger partial charge on any atom is 0.338 e. The topological polar surface area (TPSA) is 112 Å². The molecule has 0 unspecified atom stereocenters. The fourth-order valence-electron chi connectivity index (χ4n) is 5.77. The molecule has 0 saturated heterocycles. The number of carboxylic acid groups (broad SMARTS) is 1. The van der Waals surface area contributed by atoms with E-state index in [4.69, 9.17) is 14.5 Å². The summed E-state index contributed by atoms with van der Waals surface area (Å²) in [4.78, 5) is 44.7. The lowest BCUT2D eigenvalue weighted by Crippen LogP contribution is -2.40. The Bertz CT molecular complexity index is 2170. The predicted octanol–water partition coefficient (Wildman–Crippen LogP) is 5.05. The third-order valence-electron chi connectivity index (χ3n) is 7.93. The molecule has 232 valence electrons. The molecule has 1 N–H and O–H groups in total. The number of aryl methyl sites for hydroxylation is 1. The van der Waals surface area contributed by atoms with E-state index >= 15 is 0 Å². The Balaban J connectivity index is 1.56. The highest BCUT2D eigenvalue weighted by Gasteiger charge is 2.35. The number of hydrogen-bond donors (Lipinski definition) is 1. The number of aromatic nitrogens is 2. The van der Waals surface area contributed by atoms with Crippen LogP contribution in [0.5, 0.6) is 5.75 Å². The van der Waals surface area contributed by atoms with Crippen LogP contribution in [0, 0.1) is 13.8 Å². The summed E-state index contributed by atoms with van der Waals surface area (Å²) in [5.41, 5.74) is 5.55. The van der Waals surface area contributed by atoms with Crippen molar-refractivity contribution in [3.05, 3.63) is 144 Å². The lowest BCUT2D eigenvalue weighted by atomic mass is 9.93. The second kappa shape index (κ2) is 12.5. The van der Waals surface area contributed by atoms with E-state index in [1.54, 1.807) is 55.0 Å². The minimum Gasteiger partial charge on any atom is -0.497 e. The maximum atomic E-state index is 14.3. The van der Waals surface area contributed by atoms with E-state index in [9.17, 15) is 19.5 Å². The van der Waals surface area contributed by atoms with Crippen LogP contribution in [-0.4, -0.2) is 39.9 Å². The molecular formula is C36H31N3O6S. The summed E-state index contributed by atoms with van der Waals surface area (Å²) in [5, 5.41) is 9.30.